The molecular weight excluding hydrogens is 148 g/mol. The Morgan fingerprint density at radius 3 is 2.60 bits per heavy atom. The molecule has 1 fully saturated rings. The molecule has 0 saturated carbocycles. The van der Waals surface area contributed by atoms with E-state index < -0.39 is 11.1 Å². The van der Waals surface area contributed by atoms with Crippen molar-refractivity contribution in [2.75, 3.05) is 12.4 Å². The first-order valence-electron chi connectivity index (χ1n) is 3.91. The minimum absolute atomic E-state index is 0.687. The number of hydrogen-bond donors (Lipinski definition) is 0. The Hall–Kier alpha value is 0.110. The minimum atomic E-state index is -0.980. The zero-order chi connectivity index (χ0) is 7.23. The molecule has 0 N–H and O–H groups in total. The highest BCUT2D eigenvalue weighted by molar-refractivity contribution is 7.80. The van der Waals surface area contributed by atoms with Gasteiger partial charge >= 0.3 is 0 Å². The Balaban J connectivity index is 2.21. The third kappa shape index (κ3) is 3.32. The summed E-state index contributed by atoms with van der Waals surface area (Å²) in [4.78, 5) is 0. The van der Waals surface area contributed by atoms with Crippen molar-refractivity contribution < 1.29 is 8.39 Å². The van der Waals surface area contributed by atoms with Gasteiger partial charge in [-0.1, -0.05) is 19.3 Å². The Bertz CT molecular complexity index is 102. The summed E-state index contributed by atoms with van der Waals surface area (Å²) in [6.07, 6.45) is 5.87. The van der Waals surface area contributed by atoms with E-state index in [0.29, 0.717) is 6.61 Å². The molecule has 1 saturated heterocycles. The summed E-state index contributed by atoms with van der Waals surface area (Å²) in [6, 6.07) is 0. The Morgan fingerprint density at radius 1 is 1.00 bits per heavy atom. The Kier molecular flexibility index (Phi) is 3.98. The van der Waals surface area contributed by atoms with E-state index in [1.165, 1.54) is 19.3 Å². The third-order valence-corrected chi connectivity index (χ3v) is 2.72. The molecular formula is C7H14O2S. The van der Waals surface area contributed by atoms with Crippen LogP contribution in [0.4, 0.5) is 0 Å². The monoisotopic (exact) mass is 162 g/mol. The van der Waals surface area contributed by atoms with E-state index in [2.05, 4.69) is 0 Å². The van der Waals surface area contributed by atoms with Crippen LogP contribution in [-0.4, -0.2) is 16.6 Å². The summed E-state index contributed by atoms with van der Waals surface area (Å²) in [5.74, 6) is 0.736. The van der Waals surface area contributed by atoms with Gasteiger partial charge in [0, 0.05) is 5.75 Å². The first-order chi connectivity index (χ1) is 4.89. The van der Waals surface area contributed by atoms with Crippen LogP contribution >= 0.6 is 0 Å². The Labute approximate surface area is 64.6 Å². The highest BCUT2D eigenvalue weighted by atomic mass is 32.2. The molecule has 2 nitrogen and oxygen atoms in total. The van der Waals surface area contributed by atoms with E-state index in [0.717, 1.165) is 18.6 Å². The molecule has 0 spiro atoms. The van der Waals surface area contributed by atoms with Crippen LogP contribution < -0.4 is 0 Å². The van der Waals surface area contributed by atoms with Gasteiger partial charge in [0.15, 0.2) is 11.1 Å². The predicted octanol–water partition coefficient (Wildman–Crippen LogP) is 1.63. The highest BCUT2D eigenvalue weighted by Gasteiger charge is 2.02. The maximum Gasteiger partial charge on any atom is 0.155 e. The van der Waals surface area contributed by atoms with Crippen molar-refractivity contribution >= 4 is 11.1 Å². The second-order valence-electron chi connectivity index (χ2n) is 2.60. The normalized spacial score (nSPS) is 30.2. The van der Waals surface area contributed by atoms with E-state index >= 15 is 0 Å². The molecule has 1 aliphatic heterocycles. The molecule has 0 aliphatic carbocycles. The predicted molar refractivity (Wildman–Crippen MR) is 42.0 cm³/mol. The molecule has 0 aromatic rings. The molecule has 1 aliphatic rings. The summed E-state index contributed by atoms with van der Waals surface area (Å²) in [5, 5.41) is 0. The quantitative estimate of drug-likeness (QED) is 0.541. The van der Waals surface area contributed by atoms with Crippen LogP contribution in [0.1, 0.15) is 32.1 Å². The van der Waals surface area contributed by atoms with Crippen molar-refractivity contribution in [2.45, 2.75) is 32.1 Å². The maximum absolute atomic E-state index is 10.9. The van der Waals surface area contributed by atoms with Crippen LogP contribution in [0.25, 0.3) is 0 Å². The first kappa shape index (κ1) is 8.21. The summed E-state index contributed by atoms with van der Waals surface area (Å²) in [6.45, 7) is 0.687. The van der Waals surface area contributed by atoms with Gasteiger partial charge in [-0.05, 0) is 12.8 Å². The Morgan fingerprint density at radius 2 is 1.70 bits per heavy atom. The van der Waals surface area contributed by atoms with E-state index in [1.807, 2.05) is 0 Å². The van der Waals surface area contributed by atoms with Crippen molar-refractivity contribution in [1.29, 1.82) is 0 Å². The van der Waals surface area contributed by atoms with Gasteiger partial charge in [-0.25, -0.2) is 4.21 Å². The van der Waals surface area contributed by atoms with Gasteiger partial charge in [-0.15, -0.1) is 0 Å². The summed E-state index contributed by atoms with van der Waals surface area (Å²) >= 11 is -0.980. The molecule has 3 heteroatoms. The SMILES string of the molecule is O=S1CCCCCCCO1. The standard InChI is InChI=1S/C7H14O2S/c8-10-7-5-3-1-2-4-6-9-10/h1-7H2. The molecule has 10 heavy (non-hydrogen) atoms. The lowest BCUT2D eigenvalue weighted by Crippen LogP contribution is -2.01. The minimum Gasteiger partial charge on any atom is -0.291 e. The molecule has 1 unspecified atom stereocenters. The molecule has 1 atom stereocenters. The van der Waals surface area contributed by atoms with Crippen molar-refractivity contribution in [1.82, 2.24) is 0 Å². The van der Waals surface area contributed by atoms with Crippen LogP contribution in [0.5, 0.6) is 0 Å². The number of rotatable bonds is 0. The van der Waals surface area contributed by atoms with E-state index in [9.17, 15) is 4.21 Å². The fourth-order valence-electron chi connectivity index (χ4n) is 1.06. The topological polar surface area (TPSA) is 26.3 Å². The van der Waals surface area contributed by atoms with Gasteiger partial charge in [0.1, 0.15) is 0 Å². The zero-order valence-electron chi connectivity index (χ0n) is 6.17. The smallest absolute Gasteiger partial charge is 0.155 e. The van der Waals surface area contributed by atoms with Crippen LogP contribution in [0.2, 0.25) is 0 Å². The molecule has 1 heterocycles. The van der Waals surface area contributed by atoms with Crippen molar-refractivity contribution in [2.24, 2.45) is 0 Å². The fourth-order valence-corrected chi connectivity index (χ4v) is 1.92. The molecule has 0 aromatic heterocycles. The lowest BCUT2D eigenvalue weighted by Gasteiger charge is -1.97. The fraction of sp³-hybridized carbons (Fsp3) is 1.00. The summed E-state index contributed by atoms with van der Waals surface area (Å²) < 4.78 is 15.9. The van der Waals surface area contributed by atoms with E-state index in [-0.39, 0.29) is 0 Å². The lowest BCUT2D eigenvalue weighted by atomic mass is 10.2. The molecule has 0 amide bonds. The van der Waals surface area contributed by atoms with E-state index in [4.69, 9.17) is 4.18 Å². The summed E-state index contributed by atoms with van der Waals surface area (Å²) in [7, 11) is 0. The zero-order valence-corrected chi connectivity index (χ0v) is 6.99. The first-order valence-corrected chi connectivity index (χ1v) is 5.15. The average Bonchev–Trinajstić information content (AvgIpc) is 2.02. The van der Waals surface area contributed by atoms with E-state index in [1.54, 1.807) is 0 Å². The molecule has 0 radical (unpaired) electrons. The molecule has 0 bridgehead atoms. The second-order valence-corrected chi connectivity index (χ2v) is 3.85. The van der Waals surface area contributed by atoms with Crippen LogP contribution in [0.3, 0.4) is 0 Å². The van der Waals surface area contributed by atoms with Crippen LogP contribution in [0.15, 0.2) is 0 Å². The van der Waals surface area contributed by atoms with Gasteiger partial charge in [0.2, 0.25) is 0 Å². The van der Waals surface area contributed by atoms with Crippen molar-refractivity contribution in [3.8, 4) is 0 Å². The summed E-state index contributed by atoms with van der Waals surface area (Å²) in [5.41, 5.74) is 0. The largest absolute Gasteiger partial charge is 0.291 e. The number of hydrogen-bond acceptors (Lipinski definition) is 2. The van der Waals surface area contributed by atoms with Gasteiger partial charge < -0.3 is 0 Å². The van der Waals surface area contributed by atoms with Crippen molar-refractivity contribution in [3.05, 3.63) is 0 Å². The molecule has 0 aromatic carbocycles. The maximum atomic E-state index is 10.9. The van der Waals surface area contributed by atoms with Gasteiger partial charge in [0.05, 0.1) is 6.61 Å². The highest BCUT2D eigenvalue weighted by Crippen LogP contribution is 2.07. The molecule has 1 rings (SSSR count). The van der Waals surface area contributed by atoms with Gasteiger partial charge in [-0.2, -0.15) is 0 Å². The van der Waals surface area contributed by atoms with Crippen LogP contribution in [0, 0.1) is 0 Å². The average molecular weight is 162 g/mol. The van der Waals surface area contributed by atoms with Crippen LogP contribution in [-0.2, 0) is 15.3 Å². The molecule has 60 valence electrons. The van der Waals surface area contributed by atoms with Crippen molar-refractivity contribution in [3.63, 3.8) is 0 Å². The van der Waals surface area contributed by atoms with Gasteiger partial charge in [-0.3, -0.25) is 4.18 Å². The third-order valence-electron chi connectivity index (χ3n) is 1.67. The lowest BCUT2D eigenvalue weighted by molar-refractivity contribution is 0.337. The van der Waals surface area contributed by atoms with Gasteiger partial charge in [0.25, 0.3) is 0 Å². The second kappa shape index (κ2) is 4.85.